The zero-order valence-electron chi connectivity index (χ0n) is 15.9. The van der Waals surface area contributed by atoms with Crippen LogP contribution in [0.1, 0.15) is 55.9 Å². The molecule has 0 bridgehead atoms. The molecule has 0 N–H and O–H groups in total. The number of furan rings is 1. The van der Waals surface area contributed by atoms with Gasteiger partial charge in [-0.2, -0.15) is 0 Å². The highest BCUT2D eigenvalue weighted by Gasteiger charge is 2.27. The molecule has 148 valence electrons. The van der Waals surface area contributed by atoms with Crippen molar-refractivity contribution in [3.8, 4) is 10.6 Å². The van der Waals surface area contributed by atoms with E-state index >= 15 is 0 Å². The van der Waals surface area contributed by atoms with Crippen molar-refractivity contribution in [2.45, 2.75) is 51.8 Å². The maximum Gasteiger partial charge on any atom is 0.303 e. The highest BCUT2D eigenvalue weighted by Crippen LogP contribution is 2.34. The summed E-state index contributed by atoms with van der Waals surface area (Å²) in [5.41, 5.74) is 0.983. The highest BCUT2D eigenvalue weighted by molar-refractivity contribution is 7.13. The topological polar surface area (TPSA) is 68.7 Å². The van der Waals surface area contributed by atoms with Gasteiger partial charge in [-0.25, -0.2) is 0 Å². The van der Waals surface area contributed by atoms with Gasteiger partial charge in [-0.15, -0.1) is 11.3 Å². The van der Waals surface area contributed by atoms with Crippen LogP contribution < -0.4 is 0 Å². The quantitative estimate of drug-likeness (QED) is 0.531. The van der Waals surface area contributed by atoms with Gasteiger partial charge >= 0.3 is 5.97 Å². The van der Waals surface area contributed by atoms with Crippen molar-refractivity contribution in [1.29, 1.82) is 0 Å². The van der Waals surface area contributed by atoms with Crippen LogP contribution in [0.3, 0.4) is 0 Å². The van der Waals surface area contributed by atoms with Crippen LogP contribution in [0.5, 0.6) is 0 Å². The molecule has 7 heteroatoms. The molecule has 1 fully saturated rings. The maximum absolute atomic E-state index is 11.0. The van der Waals surface area contributed by atoms with Gasteiger partial charge in [0.15, 0.2) is 5.76 Å². The Balaban J connectivity index is 1.49. The number of esters is 1. The van der Waals surface area contributed by atoms with Crippen molar-refractivity contribution < 1.29 is 18.5 Å². The van der Waals surface area contributed by atoms with Gasteiger partial charge in [0.1, 0.15) is 23.8 Å². The van der Waals surface area contributed by atoms with Gasteiger partial charge in [0.2, 0.25) is 0 Å². The first-order valence-electron chi connectivity index (χ1n) is 9.64. The molecule has 1 aliphatic heterocycles. The highest BCUT2D eigenvalue weighted by atomic mass is 32.1. The Morgan fingerprint density at radius 2 is 2.18 bits per heavy atom. The van der Waals surface area contributed by atoms with Crippen LogP contribution in [0.2, 0.25) is 0 Å². The molecule has 1 aliphatic rings. The van der Waals surface area contributed by atoms with E-state index in [0.29, 0.717) is 12.3 Å². The molecule has 1 atom stereocenters. The average molecular weight is 401 g/mol. The monoisotopic (exact) mass is 400 g/mol. The Bertz CT molecular complexity index is 899. The van der Waals surface area contributed by atoms with Gasteiger partial charge in [-0.05, 0) is 43.0 Å². The second-order valence-corrected chi connectivity index (χ2v) is 8.02. The molecule has 6 nitrogen and oxygen atoms in total. The summed E-state index contributed by atoms with van der Waals surface area (Å²) in [5.74, 6) is 2.06. The number of rotatable bonds is 6. The summed E-state index contributed by atoms with van der Waals surface area (Å²) < 4.78 is 16.5. The molecule has 28 heavy (non-hydrogen) atoms. The minimum absolute atomic E-state index is 0.173. The Labute approximate surface area is 168 Å². The summed E-state index contributed by atoms with van der Waals surface area (Å²) in [7, 11) is 0. The third-order valence-corrected chi connectivity index (χ3v) is 5.88. The molecule has 3 aromatic rings. The van der Waals surface area contributed by atoms with Crippen LogP contribution in [0.25, 0.3) is 10.6 Å². The second kappa shape index (κ2) is 8.75. The SMILES string of the molecule is CC(=O)OCc1ccc(CN2CCCCCC2c2cc(-c3cccs3)on2)o1. The third-order valence-electron chi connectivity index (χ3n) is 4.99. The van der Waals surface area contributed by atoms with E-state index in [2.05, 4.69) is 16.1 Å². The first-order chi connectivity index (χ1) is 13.7. The Morgan fingerprint density at radius 1 is 1.29 bits per heavy atom. The number of hydrogen-bond acceptors (Lipinski definition) is 7. The first-order valence-corrected chi connectivity index (χ1v) is 10.5. The van der Waals surface area contributed by atoms with E-state index in [-0.39, 0.29) is 18.6 Å². The van der Waals surface area contributed by atoms with E-state index in [0.717, 1.165) is 41.5 Å². The van der Waals surface area contributed by atoms with Crippen molar-refractivity contribution in [2.75, 3.05) is 6.54 Å². The number of carbonyl (C=O) groups is 1. The van der Waals surface area contributed by atoms with Crippen molar-refractivity contribution in [3.63, 3.8) is 0 Å². The van der Waals surface area contributed by atoms with Gasteiger partial charge in [0, 0.05) is 13.0 Å². The number of hydrogen-bond donors (Lipinski definition) is 0. The molecule has 1 unspecified atom stereocenters. The lowest BCUT2D eigenvalue weighted by Gasteiger charge is -2.27. The van der Waals surface area contributed by atoms with Crippen LogP contribution in [0.15, 0.2) is 44.7 Å². The number of carbonyl (C=O) groups excluding carboxylic acids is 1. The van der Waals surface area contributed by atoms with E-state index in [1.807, 2.05) is 29.6 Å². The van der Waals surface area contributed by atoms with E-state index in [1.54, 1.807) is 11.3 Å². The molecule has 0 aliphatic carbocycles. The molecule has 3 aromatic heterocycles. The minimum atomic E-state index is -0.307. The molecule has 0 amide bonds. The fourth-order valence-electron chi connectivity index (χ4n) is 3.63. The van der Waals surface area contributed by atoms with Crippen molar-refractivity contribution in [2.24, 2.45) is 0 Å². The summed E-state index contributed by atoms with van der Waals surface area (Å²) in [4.78, 5) is 14.5. The standard InChI is InChI=1S/C21H24N2O4S/c1-15(24)25-14-17-9-8-16(26-17)13-23-10-4-2-3-6-19(23)18-12-20(27-22-18)21-7-5-11-28-21/h5,7-9,11-12,19H,2-4,6,10,13-14H2,1H3. The van der Waals surface area contributed by atoms with Gasteiger partial charge in [0.25, 0.3) is 0 Å². The largest absolute Gasteiger partial charge is 0.461 e. The molecule has 0 radical (unpaired) electrons. The molecule has 4 heterocycles. The van der Waals surface area contributed by atoms with Crippen LogP contribution in [-0.4, -0.2) is 22.6 Å². The van der Waals surface area contributed by atoms with Crippen LogP contribution >= 0.6 is 11.3 Å². The van der Waals surface area contributed by atoms with Crippen LogP contribution in [-0.2, 0) is 22.7 Å². The lowest BCUT2D eigenvalue weighted by molar-refractivity contribution is -0.142. The zero-order valence-corrected chi connectivity index (χ0v) is 16.7. The molecule has 4 rings (SSSR count). The fourth-order valence-corrected chi connectivity index (χ4v) is 4.30. The van der Waals surface area contributed by atoms with Gasteiger partial charge in [-0.3, -0.25) is 9.69 Å². The summed E-state index contributed by atoms with van der Waals surface area (Å²) in [6.07, 6.45) is 4.61. The van der Waals surface area contributed by atoms with Gasteiger partial charge < -0.3 is 13.7 Å². The number of nitrogens with zero attached hydrogens (tertiary/aromatic N) is 2. The predicted octanol–water partition coefficient (Wildman–Crippen LogP) is 5.18. The lowest BCUT2D eigenvalue weighted by Crippen LogP contribution is -2.28. The Kier molecular flexibility index (Phi) is 5.92. The van der Waals surface area contributed by atoms with Gasteiger partial charge in [0.05, 0.1) is 17.5 Å². The average Bonchev–Trinajstić information content (AvgIpc) is 3.41. The normalized spacial score (nSPS) is 18.1. The van der Waals surface area contributed by atoms with E-state index in [9.17, 15) is 4.79 Å². The predicted molar refractivity (Wildman–Crippen MR) is 106 cm³/mol. The second-order valence-electron chi connectivity index (χ2n) is 7.08. The molecular weight excluding hydrogens is 376 g/mol. The number of thiophene rings is 1. The lowest BCUT2D eigenvalue weighted by atomic mass is 10.1. The van der Waals surface area contributed by atoms with Crippen molar-refractivity contribution >= 4 is 17.3 Å². The molecular formula is C21H24N2O4S. The third kappa shape index (κ3) is 4.54. The van der Waals surface area contributed by atoms with E-state index in [1.165, 1.54) is 19.8 Å². The maximum atomic E-state index is 11.0. The van der Waals surface area contributed by atoms with Crippen molar-refractivity contribution in [1.82, 2.24) is 10.1 Å². The Hall–Kier alpha value is -2.38. The van der Waals surface area contributed by atoms with Gasteiger partial charge in [-0.1, -0.05) is 24.1 Å². The number of ether oxygens (including phenoxy) is 1. The van der Waals surface area contributed by atoms with Crippen LogP contribution in [0.4, 0.5) is 0 Å². The van der Waals surface area contributed by atoms with Crippen LogP contribution in [0, 0.1) is 0 Å². The molecule has 1 saturated heterocycles. The number of likely N-dealkylation sites (tertiary alicyclic amines) is 1. The molecule has 0 spiro atoms. The summed E-state index contributed by atoms with van der Waals surface area (Å²) in [6.45, 7) is 3.26. The first kappa shape index (κ1) is 19.0. The zero-order chi connectivity index (χ0) is 19.3. The summed E-state index contributed by atoms with van der Waals surface area (Å²) in [5, 5.41) is 6.43. The Morgan fingerprint density at radius 3 is 3.00 bits per heavy atom. The summed E-state index contributed by atoms with van der Waals surface area (Å²) in [6, 6.07) is 10.2. The molecule has 0 aromatic carbocycles. The smallest absolute Gasteiger partial charge is 0.303 e. The minimum Gasteiger partial charge on any atom is -0.461 e. The molecule has 0 saturated carbocycles. The van der Waals surface area contributed by atoms with E-state index < -0.39 is 0 Å². The number of aromatic nitrogens is 1. The fraction of sp³-hybridized carbons (Fsp3) is 0.429. The summed E-state index contributed by atoms with van der Waals surface area (Å²) >= 11 is 1.65. The van der Waals surface area contributed by atoms with E-state index in [4.69, 9.17) is 13.7 Å². The van der Waals surface area contributed by atoms with Crippen molar-refractivity contribution in [3.05, 3.63) is 52.9 Å².